The number of halogens is 1. The second-order valence-electron chi connectivity index (χ2n) is 5.35. The van der Waals surface area contributed by atoms with E-state index in [1.165, 1.54) is 0 Å². The van der Waals surface area contributed by atoms with Crippen molar-refractivity contribution in [2.24, 2.45) is 0 Å². The Hall–Kier alpha value is -2.59. The molecule has 1 amide bonds. The first kappa shape index (κ1) is 15.3. The number of rotatable bonds is 2. The zero-order valence-corrected chi connectivity index (χ0v) is 13.4. The number of para-hydroxylation sites is 1. The van der Waals surface area contributed by atoms with E-state index in [0.717, 1.165) is 11.1 Å². The van der Waals surface area contributed by atoms with Crippen LogP contribution < -0.4 is 10.9 Å². The van der Waals surface area contributed by atoms with Crippen LogP contribution in [0.25, 0.3) is 11.0 Å². The molecule has 0 spiro atoms. The van der Waals surface area contributed by atoms with Gasteiger partial charge in [0.1, 0.15) is 11.1 Å². The molecule has 0 fully saturated rings. The molecule has 23 heavy (non-hydrogen) atoms. The fourth-order valence-electron chi connectivity index (χ4n) is 2.37. The first-order valence-electron chi connectivity index (χ1n) is 7.06. The molecule has 3 rings (SSSR count). The Kier molecular flexibility index (Phi) is 3.92. The molecule has 0 aliphatic rings. The maximum atomic E-state index is 12.4. The van der Waals surface area contributed by atoms with Crippen LogP contribution in [0.1, 0.15) is 21.5 Å². The lowest BCUT2D eigenvalue weighted by Gasteiger charge is -2.09. The minimum absolute atomic E-state index is 0.0394. The lowest BCUT2D eigenvalue weighted by Crippen LogP contribution is -2.21. The number of carbonyl (C=O) groups is 1. The van der Waals surface area contributed by atoms with Gasteiger partial charge in [0.05, 0.1) is 0 Å². The maximum absolute atomic E-state index is 12.4. The van der Waals surface area contributed by atoms with Crippen LogP contribution in [0.2, 0.25) is 5.02 Å². The number of fused-ring (bicyclic) bond motifs is 1. The number of hydrogen-bond acceptors (Lipinski definition) is 3. The van der Waals surface area contributed by atoms with Gasteiger partial charge in [-0.2, -0.15) is 0 Å². The van der Waals surface area contributed by atoms with Crippen LogP contribution in [-0.4, -0.2) is 5.91 Å². The van der Waals surface area contributed by atoms with Gasteiger partial charge in [-0.05, 0) is 43.2 Å². The molecule has 0 aliphatic carbocycles. The van der Waals surface area contributed by atoms with Crippen molar-refractivity contribution in [3.63, 3.8) is 0 Å². The van der Waals surface area contributed by atoms with Crippen LogP contribution in [0.5, 0.6) is 0 Å². The highest BCUT2D eigenvalue weighted by Gasteiger charge is 2.15. The molecule has 4 nitrogen and oxygen atoms in total. The van der Waals surface area contributed by atoms with E-state index in [9.17, 15) is 9.59 Å². The summed E-state index contributed by atoms with van der Waals surface area (Å²) in [4.78, 5) is 24.5. The Balaban J connectivity index is 2.03. The minimum atomic E-state index is -0.663. The monoisotopic (exact) mass is 327 g/mol. The van der Waals surface area contributed by atoms with Gasteiger partial charge in [-0.3, -0.25) is 4.79 Å². The average molecular weight is 328 g/mol. The normalized spacial score (nSPS) is 10.7. The molecule has 1 heterocycles. The number of nitrogens with one attached hydrogen (secondary N) is 1. The number of benzene rings is 2. The van der Waals surface area contributed by atoms with Crippen LogP contribution in [0.3, 0.4) is 0 Å². The third-order valence-corrected chi connectivity index (χ3v) is 3.88. The Morgan fingerprint density at radius 3 is 2.65 bits per heavy atom. The van der Waals surface area contributed by atoms with Crippen LogP contribution in [-0.2, 0) is 0 Å². The summed E-state index contributed by atoms with van der Waals surface area (Å²) in [6.07, 6.45) is 0. The van der Waals surface area contributed by atoms with Crippen molar-refractivity contribution < 1.29 is 9.21 Å². The summed E-state index contributed by atoms with van der Waals surface area (Å²) in [5.41, 5.74) is 2.05. The predicted octanol–water partition coefficient (Wildman–Crippen LogP) is 4.32. The van der Waals surface area contributed by atoms with Crippen molar-refractivity contribution in [3.8, 4) is 0 Å². The molecule has 0 aliphatic heterocycles. The molecule has 1 N–H and O–H groups in total. The standard InChI is InChI=1S/C18H14ClNO3/c1-10-6-7-13(19)9-15(10)20-17(21)14-8-12-5-3-4-11(2)16(12)23-18(14)22/h3-9H,1-2H3,(H,20,21). The summed E-state index contributed by atoms with van der Waals surface area (Å²) in [6.45, 7) is 3.69. The van der Waals surface area contributed by atoms with Crippen LogP contribution in [0.15, 0.2) is 51.7 Å². The van der Waals surface area contributed by atoms with Crippen molar-refractivity contribution in [2.45, 2.75) is 13.8 Å². The van der Waals surface area contributed by atoms with Gasteiger partial charge in [0.25, 0.3) is 5.91 Å². The average Bonchev–Trinajstić information content (AvgIpc) is 2.51. The van der Waals surface area contributed by atoms with Crippen LogP contribution >= 0.6 is 11.6 Å². The second kappa shape index (κ2) is 5.89. The Bertz CT molecular complexity index is 976. The Morgan fingerprint density at radius 2 is 1.87 bits per heavy atom. The first-order valence-corrected chi connectivity index (χ1v) is 7.44. The number of aryl methyl sites for hydroxylation is 2. The summed E-state index contributed by atoms with van der Waals surface area (Å²) >= 11 is 5.94. The van der Waals surface area contributed by atoms with E-state index in [1.807, 2.05) is 26.0 Å². The third-order valence-electron chi connectivity index (χ3n) is 3.65. The molecular formula is C18H14ClNO3. The largest absolute Gasteiger partial charge is 0.422 e. The fourth-order valence-corrected chi connectivity index (χ4v) is 2.54. The minimum Gasteiger partial charge on any atom is -0.422 e. The highest BCUT2D eigenvalue weighted by atomic mass is 35.5. The number of carbonyl (C=O) groups excluding carboxylic acids is 1. The highest BCUT2D eigenvalue weighted by Crippen LogP contribution is 2.22. The molecule has 0 saturated carbocycles. The van der Waals surface area contributed by atoms with Crippen molar-refractivity contribution in [1.29, 1.82) is 0 Å². The van der Waals surface area contributed by atoms with Gasteiger partial charge in [-0.1, -0.05) is 35.9 Å². The van der Waals surface area contributed by atoms with E-state index in [0.29, 0.717) is 21.7 Å². The Morgan fingerprint density at radius 1 is 1.09 bits per heavy atom. The molecule has 1 aromatic heterocycles. The van der Waals surface area contributed by atoms with Gasteiger partial charge in [0, 0.05) is 16.1 Å². The number of amides is 1. The van der Waals surface area contributed by atoms with Gasteiger partial charge >= 0.3 is 5.63 Å². The van der Waals surface area contributed by atoms with E-state index >= 15 is 0 Å². The summed E-state index contributed by atoms with van der Waals surface area (Å²) in [5.74, 6) is -0.521. The summed E-state index contributed by atoms with van der Waals surface area (Å²) in [5, 5.41) is 3.92. The van der Waals surface area contributed by atoms with Crippen molar-refractivity contribution in [1.82, 2.24) is 0 Å². The summed E-state index contributed by atoms with van der Waals surface area (Å²) in [7, 11) is 0. The highest BCUT2D eigenvalue weighted by molar-refractivity contribution is 6.31. The van der Waals surface area contributed by atoms with E-state index < -0.39 is 11.5 Å². The van der Waals surface area contributed by atoms with Crippen LogP contribution in [0, 0.1) is 13.8 Å². The van der Waals surface area contributed by atoms with Gasteiger partial charge in [-0.15, -0.1) is 0 Å². The molecule has 116 valence electrons. The molecule has 5 heteroatoms. The molecule has 3 aromatic rings. The van der Waals surface area contributed by atoms with Gasteiger partial charge in [-0.25, -0.2) is 4.79 Å². The SMILES string of the molecule is Cc1ccc(Cl)cc1NC(=O)c1cc2cccc(C)c2oc1=O. The molecule has 0 bridgehead atoms. The van der Waals surface area contributed by atoms with Crippen molar-refractivity contribution in [3.05, 3.63) is 74.6 Å². The maximum Gasteiger partial charge on any atom is 0.349 e. The smallest absolute Gasteiger partial charge is 0.349 e. The van der Waals surface area contributed by atoms with Crippen LogP contribution in [0.4, 0.5) is 5.69 Å². The second-order valence-corrected chi connectivity index (χ2v) is 5.79. The van der Waals surface area contributed by atoms with Crippen molar-refractivity contribution >= 4 is 34.2 Å². The lowest BCUT2D eigenvalue weighted by atomic mass is 10.1. The van der Waals surface area contributed by atoms with Gasteiger partial charge < -0.3 is 9.73 Å². The molecule has 0 atom stereocenters. The van der Waals surface area contributed by atoms with E-state index in [4.69, 9.17) is 16.0 Å². The zero-order chi connectivity index (χ0) is 16.6. The molecular weight excluding hydrogens is 314 g/mol. The molecule has 0 radical (unpaired) electrons. The van der Waals surface area contributed by atoms with Gasteiger partial charge in [0.2, 0.25) is 0 Å². The Labute approximate surface area is 137 Å². The molecule has 0 unspecified atom stereocenters. The quantitative estimate of drug-likeness (QED) is 0.713. The molecule has 2 aromatic carbocycles. The van der Waals surface area contributed by atoms with E-state index in [-0.39, 0.29) is 5.56 Å². The third kappa shape index (κ3) is 2.98. The number of anilines is 1. The van der Waals surface area contributed by atoms with E-state index in [2.05, 4.69) is 5.32 Å². The summed E-state index contributed by atoms with van der Waals surface area (Å²) < 4.78 is 5.29. The predicted molar refractivity (Wildman–Crippen MR) is 91.4 cm³/mol. The summed E-state index contributed by atoms with van der Waals surface area (Å²) in [6, 6.07) is 12.2. The first-order chi connectivity index (χ1) is 11.0. The topological polar surface area (TPSA) is 59.3 Å². The zero-order valence-electron chi connectivity index (χ0n) is 12.6. The molecule has 0 saturated heterocycles. The lowest BCUT2D eigenvalue weighted by molar-refractivity contribution is 0.102. The van der Waals surface area contributed by atoms with E-state index in [1.54, 1.807) is 30.3 Å². The van der Waals surface area contributed by atoms with Crippen molar-refractivity contribution in [2.75, 3.05) is 5.32 Å². The van der Waals surface area contributed by atoms with Gasteiger partial charge in [0.15, 0.2) is 0 Å². The number of hydrogen-bond donors (Lipinski definition) is 1. The fraction of sp³-hybridized carbons (Fsp3) is 0.111.